The fraction of sp³-hybridized carbons (Fsp3) is 0.188. The Hall–Kier alpha value is -2.49. The van der Waals surface area contributed by atoms with E-state index in [-0.39, 0.29) is 6.09 Å². The molecule has 1 amide bonds. The van der Waals surface area contributed by atoms with E-state index in [0.29, 0.717) is 12.3 Å². The van der Waals surface area contributed by atoms with Gasteiger partial charge in [-0.25, -0.2) is 4.79 Å². The lowest BCUT2D eigenvalue weighted by atomic mass is 10.2. The second-order valence-corrected chi connectivity index (χ2v) is 4.39. The number of carbonyl (C=O) groups is 1. The van der Waals surface area contributed by atoms with Crippen LogP contribution >= 0.6 is 0 Å². The Morgan fingerprint density at radius 2 is 1.75 bits per heavy atom. The number of benzene rings is 2. The maximum atomic E-state index is 11.9. The van der Waals surface area contributed by atoms with Crippen molar-refractivity contribution in [2.24, 2.45) is 0 Å². The lowest BCUT2D eigenvalue weighted by Gasteiger charge is -2.17. The molecule has 2 aromatic rings. The Morgan fingerprint density at radius 3 is 2.45 bits per heavy atom. The van der Waals surface area contributed by atoms with Crippen LogP contribution in [0.15, 0.2) is 54.6 Å². The van der Waals surface area contributed by atoms with Gasteiger partial charge in [0.1, 0.15) is 11.5 Å². The summed E-state index contributed by atoms with van der Waals surface area (Å²) in [7, 11) is 3.32. The van der Waals surface area contributed by atoms with Crippen molar-refractivity contribution in [2.75, 3.05) is 14.2 Å². The van der Waals surface area contributed by atoms with E-state index in [1.54, 1.807) is 26.3 Å². The molecule has 0 fully saturated rings. The molecule has 0 aliphatic carbocycles. The minimum atomic E-state index is -0.390. The van der Waals surface area contributed by atoms with Crippen molar-refractivity contribution in [2.45, 2.75) is 6.54 Å². The van der Waals surface area contributed by atoms with Crippen LogP contribution in [-0.4, -0.2) is 25.2 Å². The number of hydrogen-bond acceptors (Lipinski definition) is 3. The zero-order valence-corrected chi connectivity index (χ0v) is 11.6. The van der Waals surface area contributed by atoms with E-state index in [9.17, 15) is 4.79 Å². The zero-order chi connectivity index (χ0) is 14.4. The van der Waals surface area contributed by atoms with Gasteiger partial charge in [-0.1, -0.05) is 30.3 Å². The van der Waals surface area contributed by atoms with Gasteiger partial charge in [-0.2, -0.15) is 0 Å². The topological polar surface area (TPSA) is 38.8 Å². The van der Waals surface area contributed by atoms with Gasteiger partial charge < -0.3 is 14.4 Å². The second kappa shape index (κ2) is 6.61. The predicted molar refractivity (Wildman–Crippen MR) is 76.9 cm³/mol. The molecule has 0 N–H and O–H groups in total. The van der Waals surface area contributed by atoms with E-state index in [1.165, 1.54) is 4.90 Å². The van der Waals surface area contributed by atoms with Gasteiger partial charge in [-0.15, -0.1) is 0 Å². The molecule has 0 spiro atoms. The summed E-state index contributed by atoms with van der Waals surface area (Å²) in [5.41, 5.74) is 0.983. The average molecular weight is 271 g/mol. The van der Waals surface area contributed by atoms with Crippen LogP contribution in [0, 0.1) is 0 Å². The molecule has 4 nitrogen and oxygen atoms in total. The Bertz CT molecular complexity index is 569. The summed E-state index contributed by atoms with van der Waals surface area (Å²) in [5, 5.41) is 0. The van der Waals surface area contributed by atoms with Crippen molar-refractivity contribution in [1.29, 1.82) is 0 Å². The number of hydrogen-bond donors (Lipinski definition) is 0. The van der Waals surface area contributed by atoms with Crippen molar-refractivity contribution >= 4 is 6.09 Å². The molecule has 104 valence electrons. The fourth-order valence-corrected chi connectivity index (χ4v) is 1.78. The maximum absolute atomic E-state index is 11.9. The molecule has 0 aliphatic heterocycles. The molecule has 4 heteroatoms. The maximum Gasteiger partial charge on any atom is 0.415 e. The average Bonchev–Trinajstić information content (AvgIpc) is 2.48. The lowest BCUT2D eigenvalue weighted by molar-refractivity contribution is 0.160. The van der Waals surface area contributed by atoms with E-state index >= 15 is 0 Å². The number of rotatable bonds is 4. The molecular weight excluding hydrogens is 254 g/mol. The van der Waals surface area contributed by atoms with Crippen molar-refractivity contribution in [3.8, 4) is 11.5 Å². The van der Waals surface area contributed by atoms with Crippen LogP contribution in [0.2, 0.25) is 0 Å². The monoisotopic (exact) mass is 271 g/mol. The number of ether oxygens (including phenoxy) is 2. The third-order valence-electron chi connectivity index (χ3n) is 2.81. The SMILES string of the molecule is COc1cccc(CN(C)C(=O)Oc2ccccc2)c1. The summed E-state index contributed by atoms with van der Waals surface area (Å²) in [6, 6.07) is 16.6. The highest BCUT2D eigenvalue weighted by Gasteiger charge is 2.11. The zero-order valence-electron chi connectivity index (χ0n) is 11.6. The summed E-state index contributed by atoms with van der Waals surface area (Å²) < 4.78 is 10.4. The van der Waals surface area contributed by atoms with Gasteiger partial charge in [0.15, 0.2) is 0 Å². The van der Waals surface area contributed by atoms with Gasteiger partial charge in [0, 0.05) is 13.6 Å². The molecule has 0 saturated heterocycles. The molecule has 2 aromatic carbocycles. The second-order valence-electron chi connectivity index (χ2n) is 4.39. The molecule has 0 heterocycles. The first kappa shape index (κ1) is 13.9. The first-order valence-corrected chi connectivity index (χ1v) is 6.30. The van der Waals surface area contributed by atoms with Crippen LogP contribution in [0.4, 0.5) is 4.79 Å². The van der Waals surface area contributed by atoms with Crippen LogP contribution in [0.1, 0.15) is 5.56 Å². The quantitative estimate of drug-likeness (QED) is 0.856. The smallest absolute Gasteiger partial charge is 0.415 e. The van der Waals surface area contributed by atoms with Crippen LogP contribution in [-0.2, 0) is 6.54 Å². The van der Waals surface area contributed by atoms with Gasteiger partial charge in [-0.05, 0) is 29.8 Å². The first-order chi connectivity index (χ1) is 9.69. The van der Waals surface area contributed by atoms with Crippen LogP contribution < -0.4 is 9.47 Å². The van der Waals surface area contributed by atoms with Gasteiger partial charge >= 0.3 is 6.09 Å². The summed E-state index contributed by atoms with van der Waals surface area (Å²) in [4.78, 5) is 13.5. The Kier molecular flexibility index (Phi) is 4.60. The van der Waals surface area contributed by atoms with Crippen LogP contribution in [0.3, 0.4) is 0 Å². The van der Waals surface area contributed by atoms with Crippen molar-refractivity contribution in [1.82, 2.24) is 4.90 Å². The van der Waals surface area contributed by atoms with E-state index in [4.69, 9.17) is 9.47 Å². The number of nitrogens with zero attached hydrogens (tertiary/aromatic N) is 1. The Labute approximate surface area is 118 Å². The van der Waals surface area contributed by atoms with Crippen molar-refractivity contribution < 1.29 is 14.3 Å². The Balaban J connectivity index is 1.97. The van der Waals surface area contributed by atoms with E-state index in [0.717, 1.165) is 11.3 Å². The van der Waals surface area contributed by atoms with Gasteiger partial charge in [0.25, 0.3) is 0 Å². The molecule has 0 saturated carbocycles. The largest absolute Gasteiger partial charge is 0.497 e. The molecule has 0 bridgehead atoms. The lowest BCUT2D eigenvalue weighted by Crippen LogP contribution is -2.29. The number of para-hydroxylation sites is 1. The standard InChI is InChI=1S/C16H17NO3/c1-17(12-13-7-6-10-15(11-13)19-2)16(18)20-14-8-4-3-5-9-14/h3-11H,12H2,1-2H3. The minimum absolute atomic E-state index is 0.390. The summed E-state index contributed by atoms with van der Waals surface area (Å²) in [6.45, 7) is 0.461. The van der Waals surface area contributed by atoms with E-state index in [1.807, 2.05) is 42.5 Å². The van der Waals surface area contributed by atoms with Gasteiger partial charge in [0.2, 0.25) is 0 Å². The molecule has 0 aromatic heterocycles. The molecule has 0 atom stereocenters. The normalized spacial score (nSPS) is 9.90. The van der Waals surface area contributed by atoms with E-state index < -0.39 is 0 Å². The summed E-state index contributed by atoms with van der Waals surface area (Å²) >= 11 is 0. The highest BCUT2D eigenvalue weighted by molar-refractivity contribution is 5.70. The van der Waals surface area contributed by atoms with Crippen molar-refractivity contribution in [3.05, 3.63) is 60.2 Å². The Morgan fingerprint density at radius 1 is 1.05 bits per heavy atom. The highest BCUT2D eigenvalue weighted by Crippen LogP contribution is 2.15. The molecule has 2 rings (SSSR count). The van der Waals surface area contributed by atoms with Crippen molar-refractivity contribution in [3.63, 3.8) is 0 Å². The molecule has 0 radical (unpaired) electrons. The van der Waals surface area contributed by atoms with Crippen LogP contribution in [0.25, 0.3) is 0 Å². The third kappa shape index (κ3) is 3.75. The van der Waals surface area contributed by atoms with E-state index in [2.05, 4.69) is 0 Å². The molecule has 0 aliphatic rings. The van der Waals surface area contributed by atoms with Gasteiger partial charge in [0.05, 0.1) is 7.11 Å². The highest BCUT2D eigenvalue weighted by atomic mass is 16.6. The minimum Gasteiger partial charge on any atom is -0.497 e. The first-order valence-electron chi connectivity index (χ1n) is 6.30. The number of amides is 1. The molecular formula is C16H17NO3. The summed E-state index contributed by atoms with van der Waals surface area (Å²) in [5.74, 6) is 1.31. The predicted octanol–water partition coefficient (Wildman–Crippen LogP) is 3.33. The number of methoxy groups -OCH3 is 1. The van der Waals surface area contributed by atoms with Gasteiger partial charge in [-0.3, -0.25) is 0 Å². The fourth-order valence-electron chi connectivity index (χ4n) is 1.78. The number of carbonyl (C=O) groups excluding carboxylic acids is 1. The molecule has 0 unspecified atom stereocenters. The summed E-state index contributed by atoms with van der Waals surface area (Å²) in [6.07, 6.45) is -0.390. The van der Waals surface area contributed by atoms with Crippen LogP contribution in [0.5, 0.6) is 11.5 Å². The third-order valence-corrected chi connectivity index (χ3v) is 2.81. The molecule has 20 heavy (non-hydrogen) atoms.